The van der Waals surface area contributed by atoms with Crippen molar-refractivity contribution in [2.24, 2.45) is 0 Å². The van der Waals surface area contributed by atoms with Crippen LogP contribution in [0.4, 0.5) is 5.69 Å². The van der Waals surface area contributed by atoms with Gasteiger partial charge < -0.3 is 5.32 Å². The van der Waals surface area contributed by atoms with Crippen molar-refractivity contribution in [3.8, 4) is 5.69 Å². The lowest BCUT2D eigenvalue weighted by Crippen LogP contribution is -2.14. The van der Waals surface area contributed by atoms with Gasteiger partial charge in [0.15, 0.2) is 0 Å². The van der Waals surface area contributed by atoms with Gasteiger partial charge in [-0.1, -0.05) is 40.9 Å². The number of rotatable bonds is 3. The summed E-state index contributed by atoms with van der Waals surface area (Å²) < 4.78 is 1.54. The maximum absolute atomic E-state index is 12.2. The van der Waals surface area contributed by atoms with E-state index in [0.29, 0.717) is 15.7 Å². The minimum Gasteiger partial charge on any atom is -0.319 e. The molecule has 0 fully saturated rings. The predicted octanol–water partition coefficient (Wildman–Crippen LogP) is 4.13. The maximum atomic E-state index is 12.2. The Morgan fingerprint density at radius 2 is 1.74 bits per heavy atom. The van der Waals surface area contributed by atoms with E-state index in [9.17, 15) is 4.79 Å². The SMILES string of the molecule is Cc1ccc(-n2cnc(C(=O)Nc3cc(Cl)cc(Cl)c3)n2)cc1. The summed E-state index contributed by atoms with van der Waals surface area (Å²) in [6.45, 7) is 2.00. The number of hydrogen-bond donors (Lipinski definition) is 1. The van der Waals surface area contributed by atoms with Crippen LogP contribution < -0.4 is 5.32 Å². The second-order valence-electron chi connectivity index (χ2n) is 4.96. The molecule has 3 aromatic rings. The van der Waals surface area contributed by atoms with Crippen molar-refractivity contribution in [2.45, 2.75) is 6.92 Å². The Morgan fingerprint density at radius 1 is 1.09 bits per heavy atom. The first kappa shape index (κ1) is 15.5. The van der Waals surface area contributed by atoms with Crippen LogP contribution >= 0.6 is 23.2 Å². The van der Waals surface area contributed by atoms with E-state index in [-0.39, 0.29) is 5.82 Å². The molecule has 0 saturated carbocycles. The Hall–Kier alpha value is -2.37. The maximum Gasteiger partial charge on any atom is 0.295 e. The second-order valence-corrected chi connectivity index (χ2v) is 5.83. The van der Waals surface area contributed by atoms with E-state index in [0.717, 1.165) is 11.3 Å². The molecule has 116 valence electrons. The van der Waals surface area contributed by atoms with E-state index in [2.05, 4.69) is 15.4 Å². The molecule has 7 heteroatoms. The van der Waals surface area contributed by atoms with Crippen molar-refractivity contribution in [1.82, 2.24) is 14.8 Å². The number of aryl methyl sites for hydroxylation is 1. The first-order valence-electron chi connectivity index (χ1n) is 6.77. The molecule has 23 heavy (non-hydrogen) atoms. The lowest BCUT2D eigenvalue weighted by molar-refractivity contribution is 0.101. The Balaban J connectivity index is 1.79. The van der Waals surface area contributed by atoms with Crippen LogP contribution in [-0.4, -0.2) is 20.7 Å². The summed E-state index contributed by atoms with van der Waals surface area (Å²) >= 11 is 11.8. The standard InChI is InChI=1S/C16H12Cl2N4O/c1-10-2-4-14(5-3-10)22-9-19-15(21-22)16(23)20-13-7-11(17)6-12(18)8-13/h2-9H,1H3,(H,20,23). The summed E-state index contributed by atoms with van der Waals surface area (Å²) in [7, 11) is 0. The molecule has 5 nitrogen and oxygen atoms in total. The summed E-state index contributed by atoms with van der Waals surface area (Å²) in [6, 6.07) is 12.5. The highest BCUT2D eigenvalue weighted by molar-refractivity contribution is 6.35. The Bertz CT molecular complexity index is 839. The fourth-order valence-electron chi connectivity index (χ4n) is 2.00. The molecule has 1 aromatic heterocycles. The number of hydrogen-bond acceptors (Lipinski definition) is 3. The molecule has 0 saturated heterocycles. The molecular weight excluding hydrogens is 335 g/mol. The number of nitrogens with one attached hydrogen (secondary N) is 1. The largest absolute Gasteiger partial charge is 0.319 e. The van der Waals surface area contributed by atoms with Gasteiger partial charge in [0.05, 0.1) is 5.69 Å². The Morgan fingerprint density at radius 3 is 2.39 bits per heavy atom. The number of nitrogens with zero attached hydrogens (tertiary/aromatic N) is 3. The van der Waals surface area contributed by atoms with E-state index in [4.69, 9.17) is 23.2 Å². The first-order chi connectivity index (χ1) is 11.0. The zero-order chi connectivity index (χ0) is 16.4. The predicted molar refractivity (Wildman–Crippen MR) is 90.5 cm³/mol. The van der Waals surface area contributed by atoms with Gasteiger partial charge in [-0.3, -0.25) is 4.79 Å². The minimum atomic E-state index is -0.436. The number of amides is 1. The van der Waals surface area contributed by atoms with Gasteiger partial charge in [-0.05, 0) is 37.3 Å². The van der Waals surface area contributed by atoms with Gasteiger partial charge >= 0.3 is 0 Å². The molecule has 0 aliphatic carbocycles. The number of anilines is 1. The van der Waals surface area contributed by atoms with E-state index in [1.165, 1.54) is 6.33 Å². The highest BCUT2D eigenvalue weighted by Crippen LogP contribution is 2.22. The van der Waals surface area contributed by atoms with E-state index >= 15 is 0 Å². The number of aromatic nitrogens is 3. The van der Waals surface area contributed by atoms with E-state index in [1.807, 2.05) is 31.2 Å². The monoisotopic (exact) mass is 346 g/mol. The first-order valence-corrected chi connectivity index (χ1v) is 7.53. The average Bonchev–Trinajstić information content (AvgIpc) is 2.97. The van der Waals surface area contributed by atoms with Crippen molar-refractivity contribution < 1.29 is 4.79 Å². The minimum absolute atomic E-state index is 0.0571. The van der Waals surface area contributed by atoms with Gasteiger partial charge in [0.2, 0.25) is 5.82 Å². The van der Waals surface area contributed by atoms with Gasteiger partial charge in [-0.25, -0.2) is 9.67 Å². The summed E-state index contributed by atoms with van der Waals surface area (Å²) in [5.41, 5.74) is 2.46. The number of carbonyl (C=O) groups is 1. The third-order valence-electron chi connectivity index (χ3n) is 3.11. The summed E-state index contributed by atoms with van der Waals surface area (Å²) in [6.07, 6.45) is 1.49. The molecule has 3 rings (SSSR count). The molecule has 0 aliphatic heterocycles. The summed E-state index contributed by atoms with van der Waals surface area (Å²) in [4.78, 5) is 16.2. The Kier molecular flexibility index (Phi) is 4.32. The van der Waals surface area contributed by atoms with Gasteiger partial charge in [0, 0.05) is 15.7 Å². The molecule has 0 atom stereocenters. The molecular formula is C16H12Cl2N4O. The zero-order valence-corrected chi connectivity index (χ0v) is 13.6. The molecule has 2 aromatic carbocycles. The fraction of sp³-hybridized carbons (Fsp3) is 0.0625. The van der Waals surface area contributed by atoms with Crippen LogP contribution in [-0.2, 0) is 0 Å². The van der Waals surface area contributed by atoms with Gasteiger partial charge in [0.25, 0.3) is 5.91 Å². The van der Waals surface area contributed by atoms with Gasteiger partial charge in [-0.15, -0.1) is 5.10 Å². The van der Waals surface area contributed by atoms with Crippen LogP contribution in [0.2, 0.25) is 10.0 Å². The molecule has 1 amide bonds. The van der Waals surface area contributed by atoms with Gasteiger partial charge in [0.1, 0.15) is 6.33 Å². The average molecular weight is 347 g/mol. The highest BCUT2D eigenvalue weighted by atomic mass is 35.5. The second kappa shape index (κ2) is 6.40. The van der Waals surface area contributed by atoms with Crippen LogP contribution in [0.25, 0.3) is 5.69 Å². The van der Waals surface area contributed by atoms with E-state index < -0.39 is 5.91 Å². The topological polar surface area (TPSA) is 59.8 Å². The number of benzene rings is 2. The van der Waals surface area contributed by atoms with Crippen molar-refractivity contribution >= 4 is 34.8 Å². The third-order valence-corrected chi connectivity index (χ3v) is 3.55. The zero-order valence-electron chi connectivity index (χ0n) is 12.1. The van der Waals surface area contributed by atoms with Gasteiger partial charge in [-0.2, -0.15) is 0 Å². The smallest absolute Gasteiger partial charge is 0.295 e. The fourth-order valence-corrected chi connectivity index (χ4v) is 2.53. The number of halogens is 2. The van der Waals surface area contributed by atoms with Crippen molar-refractivity contribution in [3.63, 3.8) is 0 Å². The summed E-state index contributed by atoms with van der Waals surface area (Å²) in [5.74, 6) is -0.379. The molecule has 1 heterocycles. The third kappa shape index (κ3) is 3.70. The Labute approximate surface area is 142 Å². The van der Waals surface area contributed by atoms with Crippen molar-refractivity contribution in [2.75, 3.05) is 5.32 Å². The van der Waals surface area contributed by atoms with Crippen LogP contribution in [0.1, 0.15) is 16.2 Å². The quantitative estimate of drug-likeness (QED) is 0.775. The van der Waals surface area contributed by atoms with Crippen LogP contribution in [0.15, 0.2) is 48.8 Å². The molecule has 0 aliphatic rings. The van der Waals surface area contributed by atoms with Crippen LogP contribution in [0, 0.1) is 6.92 Å². The molecule has 0 bridgehead atoms. The molecule has 0 radical (unpaired) electrons. The summed E-state index contributed by atoms with van der Waals surface area (Å²) in [5, 5.41) is 7.72. The molecule has 0 spiro atoms. The molecule has 0 unspecified atom stereocenters. The van der Waals surface area contributed by atoms with E-state index in [1.54, 1.807) is 22.9 Å². The van der Waals surface area contributed by atoms with Crippen molar-refractivity contribution in [3.05, 3.63) is 70.2 Å². The molecule has 1 N–H and O–H groups in total. The lowest BCUT2D eigenvalue weighted by Gasteiger charge is -2.04. The van der Waals surface area contributed by atoms with Crippen molar-refractivity contribution in [1.29, 1.82) is 0 Å². The van der Waals surface area contributed by atoms with Crippen LogP contribution in [0.3, 0.4) is 0 Å². The lowest BCUT2D eigenvalue weighted by atomic mass is 10.2. The number of carbonyl (C=O) groups excluding carboxylic acids is 1. The normalized spacial score (nSPS) is 10.6. The van der Waals surface area contributed by atoms with Crippen LogP contribution in [0.5, 0.6) is 0 Å². The highest BCUT2D eigenvalue weighted by Gasteiger charge is 2.13.